The van der Waals surface area contributed by atoms with Gasteiger partial charge in [-0.3, -0.25) is 9.88 Å². The summed E-state index contributed by atoms with van der Waals surface area (Å²) in [6, 6.07) is 18.1. The highest BCUT2D eigenvalue weighted by molar-refractivity contribution is 6.36. The third kappa shape index (κ3) is 6.17. The van der Waals surface area contributed by atoms with Crippen LogP contribution in [-0.4, -0.2) is 82.4 Å². The second-order valence-corrected chi connectivity index (χ2v) is 14.5. The van der Waals surface area contributed by atoms with Gasteiger partial charge in [0.05, 0.1) is 35.3 Å². The highest BCUT2D eigenvalue weighted by atomic mass is 35.5. The number of pyridine rings is 2. The molecule has 9 nitrogen and oxygen atoms in total. The SMILES string of the molecule is CC(C)(C)OC(=O)N1CCN(c2cc(OCC34CCCN3CCC4)nc3cc(-c4cccc5cccc(Cl)c45)cnc23)C[C@@H]1CC#N. The number of aromatic nitrogens is 2. The van der Waals surface area contributed by atoms with E-state index in [0.717, 1.165) is 64.6 Å². The van der Waals surface area contributed by atoms with Gasteiger partial charge in [-0.2, -0.15) is 5.26 Å². The summed E-state index contributed by atoms with van der Waals surface area (Å²) in [5.74, 6) is 0.557. The van der Waals surface area contributed by atoms with E-state index in [9.17, 15) is 10.1 Å². The predicted octanol–water partition coefficient (Wildman–Crippen LogP) is 7.45. The molecule has 7 rings (SSSR count). The normalized spacial score (nSPS) is 19.6. The van der Waals surface area contributed by atoms with Crippen LogP contribution in [0.1, 0.15) is 52.9 Å². The van der Waals surface area contributed by atoms with E-state index in [1.807, 2.05) is 51.2 Å². The fourth-order valence-electron chi connectivity index (χ4n) is 7.65. The smallest absolute Gasteiger partial charge is 0.410 e. The predicted molar refractivity (Wildman–Crippen MR) is 185 cm³/mol. The van der Waals surface area contributed by atoms with Crippen LogP contribution in [0.25, 0.3) is 32.9 Å². The Morgan fingerprint density at radius 2 is 1.85 bits per heavy atom. The standard InChI is InChI=1S/C37H41ClN6O3/c1-36(2,3)47-35(45)44-19-18-42(23-27(44)12-15-39)31-21-32(46-24-37-13-6-16-43(37)17-7-14-37)41-30-20-26(22-40-34(30)31)28-10-4-8-25-9-5-11-29(38)33(25)28/h4-5,8-11,20-22,27H,6-7,12-14,16-19,23-24H2,1-3H3/t27-/m0/s1. The van der Waals surface area contributed by atoms with Crippen LogP contribution in [0.5, 0.6) is 5.88 Å². The van der Waals surface area contributed by atoms with Gasteiger partial charge in [0, 0.05) is 47.9 Å². The van der Waals surface area contributed by atoms with E-state index in [0.29, 0.717) is 37.1 Å². The number of fused-ring (bicyclic) bond motifs is 3. The molecule has 3 aliphatic rings. The van der Waals surface area contributed by atoms with Crippen molar-refractivity contribution in [3.05, 3.63) is 59.8 Å². The second kappa shape index (κ2) is 12.5. The molecule has 4 aromatic rings. The van der Waals surface area contributed by atoms with Crippen LogP contribution in [0.3, 0.4) is 0 Å². The average molecular weight is 653 g/mol. The first-order valence-electron chi connectivity index (χ1n) is 16.6. The molecule has 3 saturated heterocycles. The third-order valence-electron chi connectivity index (χ3n) is 9.84. The summed E-state index contributed by atoms with van der Waals surface area (Å²) >= 11 is 6.71. The number of carbonyl (C=O) groups excluding carboxylic acids is 1. The van der Waals surface area contributed by atoms with Gasteiger partial charge in [-0.15, -0.1) is 0 Å². The van der Waals surface area contributed by atoms with E-state index in [2.05, 4.69) is 40.1 Å². The van der Waals surface area contributed by atoms with Gasteiger partial charge < -0.3 is 19.3 Å². The van der Waals surface area contributed by atoms with Gasteiger partial charge in [0.15, 0.2) is 0 Å². The molecule has 0 bridgehead atoms. The van der Waals surface area contributed by atoms with Crippen molar-refractivity contribution in [1.82, 2.24) is 19.8 Å². The van der Waals surface area contributed by atoms with Gasteiger partial charge in [0.1, 0.15) is 17.7 Å². The molecule has 244 valence electrons. The fourth-order valence-corrected chi connectivity index (χ4v) is 7.94. The Balaban J connectivity index is 1.27. The van der Waals surface area contributed by atoms with E-state index >= 15 is 0 Å². The molecule has 3 fully saturated rings. The highest BCUT2D eigenvalue weighted by Gasteiger charge is 2.45. The number of piperazine rings is 1. The Kier molecular flexibility index (Phi) is 8.35. The summed E-state index contributed by atoms with van der Waals surface area (Å²) in [5, 5.41) is 12.4. The van der Waals surface area contributed by atoms with E-state index in [-0.39, 0.29) is 18.0 Å². The van der Waals surface area contributed by atoms with Gasteiger partial charge >= 0.3 is 6.09 Å². The minimum Gasteiger partial charge on any atom is -0.476 e. The first kappa shape index (κ1) is 31.5. The van der Waals surface area contributed by atoms with Crippen LogP contribution >= 0.6 is 11.6 Å². The highest BCUT2D eigenvalue weighted by Crippen LogP contribution is 2.40. The molecule has 2 aromatic heterocycles. The summed E-state index contributed by atoms with van der Waals surface area (Å²) in [5.41, 5.74) is 3.71. The summed E-state index contributed by atoms with van der Waals surface area (Å²) in [7, 11) is 0. The molecule has 0 saturated carbocycles. The number of ether oxygens (including phenoxy) is 2. The van der Waals surface area contributed by atoms with E-state index in [4.69, 9.17) is 31.0 Å². The number of amides is 1. The summed E-state index contributed by atoms with van der Waals surface area (Å²) in [6.07, 6.45) is 6.36. The van der Waals surface area contributed by atoms with Gasteiger partial charge in [0.25, 0.3) is 0 Å². The monoisotopic (exact) mass is 652 g/mol. The number of halogens is 1. The van der Waals surface area contributed by atoms with Crippen LogP contribution in [0.15, 0.2) is 54.7 Å². The molecule has 0 spiro atoms. The van der Waals surface area contributed by atoms with E-state index in [1.54, 1.807) is 4.90 Å². The summed E-state index contributed by atoms with van der Waals surface area (Å²) in [6.45, 7) is 9.86. The van der Waals surface area contributed by atoms with Crippen molar-refractivity contribution in [3.8, 4) is 23.1 Å². The maximum atomic E-state index is 13.1. The largest absolute Gasteiger partial charge is 0.476 e. The molecule has 1 amide bonds. The Bertz CT molecular complexity index is 1850. The summed E-state index contributed by atoms with van der Waals surface area (Å²) in [4.78, 5) is 29.6. The lowest BCUT2D eigenvalue weighted by molar-refractivity contribution is 0.0145. The molecular formula is C37H41ClN6O3. The van der Waals surface area contributed by atoms with Crippen molar-refractivity contribution < 1.29 is 14.3 Å². The lowest BCUT2D eigenvalue weighted by atomic mass is 9.95. The van der Waals surface area contributed by atoms with Gasteiger partial charge in [0.2, 0.25) is 5.88 Å². The first-order valence-corrected chi connectivity index (χ1v) is 17.0. The molecule has 3 aliphatic heterocycles. The maximum absolute atomic E-state index is 13.1. The molecular weight excluding hydrogens is 612 g/mol. The second-order valence-electron chi connectivity index (χ2n) is 14.1. The third-order valence-corrected chi connectivity index (χ3v) is 10.2. The van der Waals surface area contributed by atoms with Crippen LogP contribution in [-0.2, 0) is 4.74 Å². The van der Waals surface area contributed by atoms with E-state index < -0.39 is 11.7 Å². The molecule has 0 N–H and O–H groups in total. The maximum Gasteiger partial charge on any atom is 0.410 e. The van der Waals surface area contributed by atoms with Crippen LogP contribution in [0, 0.1) is 11.3 Å². The number of hydrogen-bond acceptors (Lipinski definition) is 8. The first-order chi connectivity index (χ1) is 22.6. The average Bonchev–Trinajstić information content (AvgIpc) is 3.63. The van der Waals surface area contributed by atoms with Crippen LogP contribution in [0.4, 0.5) is 10.5 Å². The van der Waals surface area contributed by atoms with Gasteiger partial charge in [-0.05, 0) is 82.6 Å². The molecule has 0 aliphatic carbocycles. The zero-order chi connectivity index (χ0) is 32.8. The summed E-state index contributed by atoms with van der Waals surface area (Å²) < 4.78 is 12.3. The molecule has 0 radical (unpaired) electrons. The van der Waals surface area contributed by atoms with E-state index in [1.165, 1.54) is 12.8 Å². The molecule has 0 unspecified atom stereocenters. The van der Waals surface area contributed by atoms with Gasteiger partial charge in [-0.25, -0.2) is 9.78 Å². The minimum absolute atomic E-state index is 0.0769. The Labute approximate surface area is 281 Å². The molecule has 2 aromatic carbocycles. The number of anilines is 1. The Morgan fingerprint density at radius 1 is 1.09 bits per heavy atom. The number of hydrogen-bond donors (Lipinski definition) is 0. The Morgan fingerprint density at radius 3 is 2.60 bits per heavy atom. The number of benzene rings is 2. The number of nitriles is 1. The topological polar surface area (TPSA) is 94.8 Å². The number of carbonyl (C=O) groups is 1. The van der Waals surface area contributed by atoms with Crippen molar-refractivity contribution in [2.75, 3.05) is 44.2 Å². The van der Waals surface area contributed by atoms with Crippen molar-refractivity contribution in [1.29, 1.82) is 5.26 Å². The zero-order valence-corrected chi connectivity index (χ0v) is 28.1. The van der Waals surface area contributed by atoms with Gasteiger partial charge in [-0.1, -0.05) is 41.9 Å². The molecule has 47 heavy (non-hydrogen) atoms. The molecule has 1 atom stereocenters. The minimum atomic E-state index is -0.622. The van der Waals surface area contributed by atoms with Crippen LogP contribution < -0.4 is 9.64 Å². The van der Waals surface area contributed by atoms with Crippen molar-refractivity contribution in [3.63, 3.8) is 0 Å². The van der Waals surface area contributed by atoms with Crippen LogP contribution in [0.2, 0.25) is 5.02 Å². The van der Waals surface area contributed by atoms with Crippen molar-refractivity contribution in [2.45, 2.75) is 70.1 Å². The number of rotatable bonds is 6. The van der Waals surface area contributed by atoms with Crippen molar-refractivity contribution in [2.24, 2.45) is 0 Å². The fraction of sp³-hybridized carbons (Fsp3) is 0.459. The molecule has 5 heterocycles. The Hall–Kier alpha value is -4.13. The van der Waals surface area contributed by atoms with Crippen molar-refractivity contribution >= 4 is 45.2 Å². The number of nitrogens with zero attached hydrogens (tertiary/aromatic N) is 6. The lowest BCUT2D eigenvalue weighted by Gasteiger charge is -2.42. The lowest BCUT2D eigenvalue weighted by Crippen LogP contribution is -2.56. The molecule has 10 heteroatoms. The quantitative estimate of drug-likeness (QED) is 0.212. The zero-order valence-electron chi connectivity index (χ0n) is 27.3.